The van der Waals surface area contributed by atoms with Crippen LogP contribution < -0.4 is 0 Å². The number of benzene rings is 1. The minimum Gasteiger partial charge on any atom is -0.478 e. The van der Waals surface area contributed by atoms with Crippen LogP contribution in [0.4, 0.5) is 4.39 Å². The lowest BCUT2D eigenvalue weighted by Crippen LogP contribution is -2.17. The summed E-state index contributed by atoms with van der Waals surface area (Å²) in [6.07, 6.45) is 5.82. The van der Waals surface area contributed by atoms with E-state index in [-0.39, 0.29) is 5.56 Å². The highest BCUT2D eigenvalue weighted by molar-refractivity contribution is 5.88. The lowest BCUT2D eigenvalue weighted by Gasteiger charge is -2.31. The van der Waals surface area contributed by atoms with Gasteiger partial charge in [0, 0.05) is 0 Å². The molecule has 1 aliphatic carbocycles. The van der Waals surface area contributed by atoms with E-state index in [0.717, 1.165) is 18.4 Å². The molecule has 1 aromatic carbocycles. The molecule has 0 radical (unpaired) electrons. The predicted molar refractivity (Wildman–Crippen MR) is 68.3 cm³/mol. The Kier molecular flexibility index (Phi) is 4.00. The van der Waals surface area contributed by atoms with Crippen molar-refractivity contribution in [1.29, 1.82) is 0 Å². The molecule has 3 heteroatoms. The van der Waals surface area contributed by atoms with Crippen molar-refractivity contribution in [3.05, 3.63) is 35.1 Å². The van der Waals surface area contributed by atoms with Gasteiger partial charge >= 0.3 is 5.97 Å². The molecule has 1 N–H and O–H groups in total. The van der Waals surface area contributed by atoms with Crippen LogP contribution in [0, 0.1) is 11.7 Å². The van der Waals surface area contributed by atoms with Crippen molar-refractivity contribution in [3.8, 4) is 0 Å². The Morgan fingerprint density at radius 1 is 1.39 bits per heavy atom. The highest BCUT2D eigenvalue weighted by Gasteiger charge is 2.26. The SMILES string of the molecule is CC[C@@H]1CCCC[C@H]1c1ccc(F)c(C(=O)O)c1. The Hall–Kier alpha value is -1.38. The highest BCUT2D eigenvalue weighted by atomic mass is 19.1. The Balaban J connectivity index is 2.32. The fraction of sp³-hybridized carbons (Fsp3) is 0.533. The van der Waals surface area contributed by atoms with Gasteiger partial charge in [0.05, 0.1) is 5.56 Å². The third-order valence-corrected chi connectivity index (χ3v) is 4.08. The van der Waals surface area contributed by atoms with Crippen molar-refractivity contribution in [2.24, 2.45) is 5.92 Å². The minimum atomic E-state index is -1.18. The van der Waals surface area contributed by atoms with Gasteiger partial charge in [0.1, 0.15) is 5.82 Å². The zero-order chi connectivity index (χ0) is 13.1. The molecular weight excluding hydrogens is 231 g/mol. The Bertz CT molecular complexity index is 442. The largest absolute Gasteiger partial charge is 0.478 e. The molecule has 1 fully saturated rings. The number of carbonyl (C=O) groups is 1. The molecule has 2 rings (SSSR count). The van der Waals surface area contributed by atoms with Gasteiger partial charge in [0.25, 0.3) is 0 Å². The molecule has 2 atom stereocenters. The third-order valence-electron chi connectivity index (χ3n) is 4.08. The molecule has 0 spiro atoms. The zero-order valence-corrected chi connectivity index (χ0v) is 10.7. The van der Waals surface area contributed by atoms with E-state index in [9.17, 15) is 9.18 Å². The molecule has 18 heavy (non-hydrogen) atoms. The van der Waals surface area contributed by atoms with E-state index in [1.165, 1.54) is 31.4 Å². The van der Waals surface area contributed by atoms with Gasteiger partial charge in [-0.05, 0) is 42.4 Å². The van der Waals surface area contributed by atoms with Crippen LogP contribution in [0.25, 0.3) is 0 Å². The van der Waals surface area contributed by atoms with E-state index < -0.39 is 11.8 Å². The van der Waals surface area contributed by atoms with Crippen molar-refractivity contribution < 1.29 is 14.3 Å². The topological polar surface area (TPSA) is 37.3 Å². The maximum Gasteiger partial charge on any atom is 0.338 e. The number of aromatic carboxylic acids is 1. The van der Waals surface area contributed by atoms with E-state index in [1.807, 2.05) is 0 Å². The predicted octanol–water partition coefficient (Wildman–Crippen LogP) is 4.21. The van der Waals surface area contributed by atoms with Crippen LogP contribution in [0.3, 0.4) is 0 Å². The van der Waals surface area contributed by atoms with Gasteiger partial charge in [-0.25, -0.2) is 9.18 Å². The smallest absolute Gasteiger partial charge is 0.338 e. The van der Waals surface area contributed by atoms with Crippen LogP contribution in [0.5, 0.6) is 0 Å². The summed E-state index contributed by atoms with van der Waals surface area (Å²) in [4.78, 5) is 11.0. The first-order valence-corrected chi connectivity index (χ1v) is 6.66. The lowest BCUT2D eigenvalue weighted by molar-refractivity contribution is 0.0691. The van der Waals surface area contributed by atoms with Gasteiger partial charge in [0.2, 0.25) is 0 Å². The fourth-order valence-electron chi connectivity index (χ4n) is 3.07. The molecule has 98 valence electrons. The van der Waals surface area contributed by atoms with Gasteiger partial charge in [-0.3, -0.25) is 0 Å². The van der Waals surface area contributed by atoms with Crippen LogP contribution in [-0.4, -0.2) is 11.1 Å². The van der Waals surface area contributed by atoms with Crippen LogP contribution in [0.2, 0.25) is 0 Å². The first kappa shape index (κ1) is 13.1. The summed E-state index contributed by atoms with van der Waals surface area (Å²) < 4.78 is 13.4. The molecular formula is C15H19FO2. The molecule has 0 bridgehead atoms. The first-order valence-electron chi connectivity index (χ1n) is 6.66. The molecule has 0 heterocycles. The van der Waals surface area contributed by atoms with Crippen LogP contribution in [0.15, 0.2) is 18.2 Å². The molecule has 0 unspecified atom stereocenters. The number of carboxylic acids is 1. The van der Waals surface area contributed by atoms with Gasteiger partial charge < -0.3 is 5.11 Å². The molecule has 0 saturated heterocycles. The Morgan fingerprint density at radius 3 is 2.78 bits per heavy atom. The molecule has 1 aliphatic rings. The molecule has 0 aromatic heterocycles. The summed E-state index contributed by atoms with van der Waals surface area (Å²) in [6, 6.07) is 4.57. The maximum absolute atomic E-state index is 13.4. The average molecular weight is 250 g/mol. The normalized spacial score (nSPS) is 23.9. The van der Waals surface area contributed by atoms with E-state index in [0.29, 0.717) is 11.8 Å². The molecule has 1 aromatic rings. The van der Waals surface area contributed by atoms with Crippen molar-refractivity contribution in [2.45, 2.75) is 44.9 Å². The summed E-state index contributed by atoms with van der Waals surface area (Å²) in [5.74, 6) is -0.832. The highest BCUT2D eigenvalue weighted by Crippen LogP contribution is 2.39. The van der Waals surface area contributed by atoms with Crippen LogP contribution >= 0.6 is 0 Å². The second kappa shape index (κ2) is 5.51. The summed E-state index contributed by atoms with van der Waals surface area (Å²) in [6.45, 7) is 2.17. The molecule has 1 saturated carbocycles. The first-order chi connectivity index (χ1) is 8.63. The summed E-state index contributed by atoms with van der Waals surface area (Å²) >= 11 is 0. The Labute approximate surface area is 107 Å². The van der Waals surface area contributed by atoms with Crippen LogP contribution in [-0.2, 0) is 0 Å². The van der Waals surface area contributed by atoms with E-state index in [4.69, 9.17) is 5.11 Å². The van der Waals surface area contributed by atoms with Gasteiger partial charge in [-0.1, -0.05) is 32.3 Å². The van der Waals surface area contributed by atoms with Crippen molar-refractivity contribution in [1.82, 2.24) is 0 Å². The third kappa shape index (κ3) is 2.55. The van der Waals surface area contributed by atoms with E-state index in [2.05, 4.69) is 6.92 Å². The average Bonchev–Trinajstić information content (AvgIpc) is 2.39. The van der Waals surface area contributed by atoms with Crippen molar-refractivity contribution in [2.75, 3.05) is 0 Å². The second-order valence-corrected chi connectivity index (χ2v) is 5.10. The maximum atomic E-state index is 13.4. The second-order valence-electron chi connectivity index (χ2n) is 5.10. The number of carboxylic acid groups (broad SMARTS) is 1. The molecule has 0 amide bonds. The molecule has 0 aliphatic heterocycles. The summed E-state index contributed by atoms with van der Waals surface area (Å²) in [5, 5.41) is 8.97. The van der Waals surface area contributed by atoms with Gasteiger partial charge in [0.15, 0.2) is 0 Å². The van der Waals surface area contributed by atoms with E-state index in [1.54, 1.807) is 6.07 Å². The minimum absolute atomic E-state index is 0.201. The lowest BCUT2D eigenvalue weighted by atomic mass is 9.74. The quantitative estimate of drug-likeness (QED) is 0.872. The number of rotatable bonds is 3. The van der Waals surface area contributed by atoms with Crippen LogP contribution in [0.1, 0.15) is 60.9 Å². The summed E-state index contributed by atoms with van der Waals surface area (Å²) in [5.41, 5.74) is 0.785. The zero-order valence-electron chi connectivity index (χ0n) is 10.7. The number of hydrogen-bond donors (Lipinski definition) is 1. The monoisotopic (exact) mass is 250 g/mol. The Morgan fingerprint density at radius 2 is 2.11 bits per heavy atom. The van der Waals surface area contributed by atoms with E-state index >= 15 is 0 Å². The fourth-order valence-corrected chi connectivity index (χ4v) is 3.07. The molecule has 2 nitrogen and oxygen atoms in total. The van der Waals surface area contributed by atoms with Crippen molar-refractivity contribution in [3.63, 3.8) is 0 Å². The number of hydrogen-bond acceptors (Lipinski definition) is 1. The van der Waals surface area contributed by atoms with Gasteiger partial charge in [-0.2, -0.15) is 0 Å². The summed E-state index contributed by atoms with van der Waals surface area (Å²) in [7, 11) is 0. The van der Waals surface area contributed by atoms with Crippen molar-refractivity contribution >= 4 is 5.97 Å². The number of halogens is 1. The van der Waals surface area contributed by atoms with Gasteiger partial charge in [-0.15, -0.1) is 0 Å². The standard InChI is InChI=1S/C15H19FO2/c1-2-10-5-3-4-6-12(10)11-7-8-14(16)13(9-11)15(17)18/h7-10,12H,2-6H2,1H3,(H,17,18)/t10-,12-/m1/s1.